The minimum absolute atomic E-state index is 0.0345. The lowest BCUT2D eigenvalue weighted by molar-refractivity contribution is -0.150. The van der Waals surface area contributed by atoms with Crippen LogP contribution in [0.4, 0.5) is 0 Å². The van der Waals surface area contributed by atoms with E-state index in [0.29, 0.717) is 0 Å². The van der Waals surface area contributed by atoms with E-state index in [1.165, 1.54) is 18.0 Å². The molecule has 34 heavy (non-hydrogen) atoms. The SMILES string of the molecule is CCOC(=O)[C@H]1C[C@H](O)CN1C(Cn1cc(C)c(=O)[nH]c1=O)C(=O)NCP(=O)(OCC)OCC. The number of nitrogens with one attached hydrogen (secondary N) is 2. The van der Waals surface area contributed by atoms with Crippen LogP contribution in [0.1, 0.15) is 32.8 Å². The van der Waals surface area contributed by atoms with Crippen molar-refractivity contribution < 1.29 is 33.0 Å². The summed E-state index contributed by atoms with van der Waals surface area (Å²) in [4.78, 5) is 53.5. The van der Waals surface area contributed by atoms with Crippen molar-refractivity contribution in [2.75, 3.05) is 32.7 Å². The molecule has 1 amide bonds. The molecule has 1 aliphatic rings. The molecule has 0 radical (unpaired) electrons. The van der Waals surface area contributed by atoms with Crippen LogP contribution in [0.3, 0.4) is 0 Å². The number of amides is 1. The van der Waals surface area contributed by atoms with Crippen molar-refractivity contribution in [2.45, 2.75) is 58.8 Å². The largest absolute Gasteiger partial charge is 0.465 e. The minimum atomic E-state index is -3.62. The Morgan fingerprint density at radius 3 is 2.47 bits per heavy atom. The van der Waals surface area contributed by atoms with Gasteiger partial charge in [0.25, 0.3) is 5.56 Å². The van der Waals surface area contributed by atoms with E-state index < -0.39 is 55.2 Å². The third kappa shape index (κ3) is 7.09. The highest BCUT2D eigenvalue weighted by Gasteiger charge is 2.43. The molecule has 1 aromatic heterocycles. The standard InChI is InChI=1S/C20H33N4O9P/c1-5-31-19(28)15-8-14(25)10-24(15)16(11-23-9-13(4)17(26)22-20(23)29)18(27)21-12-34(30,32-6-2)33-7-3/h9,14-16,25H,5-8,10-12H2,1-4H3,(H,21,27)(H,22,26,29)/t14-,15+,16?/m0/s1. The van der Waals surface area contributed by atoms with Gasteiger partial charge in [0.05, 0.1) is 32.5 Å². The maximum Gasteiger partial charge on any atom is 0.349 e. The van der Waals surface area contributed by atoms with Crippen LogP contribution in [0, 0.1) is 6.92 Å². The quantitative estimate of drug-likeness (QED) is 0.250. The van der Waals surface area contributed by atoms with Crippen molar-refractivity contribution in [3.8, 4) is 0 Å². The van der Waals surface area contributed by atoms with E-state index in [1.54, 1.807) is 20.8 Å². The summed E-state index contributed by atoms with van der Waals surface area (Å²) >= 11 is 0. The number of carbonyl (C=O) groups excluding carboxylic acids is 2. The van der Waals surface area contributed by atoms with Gasteiger partial charge in [-0.05, 0) is 27.7 Å². The number of nitrogens with zero attached hydrogens (tertiary/aromatic N) is 2. The van der Waals surface area contributed by atoms with Crippen molar-refractivity contribution in [2.24, 2.45) is 0 Å². The lowest BCUT2D eigenvalue weighted by Gasteiger charge is -2.31. The summed E-state index contributed by atoms with van der Waals surface area (Å²) < 4.78 is 29.4. The number of aryl methyl sites for hydroxylation is 1. The molecule has 0 spiro atoms. The molecule has 3 atom stereocenters. The number of hydrogen-bond donors (Lipinski definition) is 3. The van der Waals surface area contributed by atoms with Gasteiger partial charge >= 0.3 is 19.3 Å². The zero-order chi connectivity index (χ0) is 25.5. The fraction of sp³-hybridized carbons (Fsp3) is 0.700. The van der Waals surface area contributed by atoms with E-state index in [2.05, 4.69) is 10.3 Å². The average Bonchev–Trinajstić information content (AvgIpc) is 3.15. The number of likely N-dealkylation sites (tertiary alicyclic amines) is 1. The molecule has 0 saturated carbocycles. The molecule has 0 aromatic carbocycles. The van der Waals surface area contributed by atoms with Crippen LogP contribution in [-0.2, 0) is 34.5 Å². The molecule has 1 saturated heterocycles. The van der Waals surface area contributed by atoms with Gasteiger partial charge in [0.15, 0.2) is 0 Å². The molecular formula is C20H33N4O9P. The van der Waals surface area contributed by atoms with Crippen molar-refractivity contribution in [3.05, 3.63) is 32.6 Å². The number of aromatic nitrogens is 2. The van der Waals surface area contributed by atoms with Crippen LogP contribution < -0.4 is 16.6 Å². The summed E-state index contributed by atoms with van der Waals surface area (Å²) in [6, 6.07) is -2.08. The van der Waals surface area contributed by atoms with Crippen LogP contribution >= 0.6 is 7.60 Å². The first-order valence-electron chi connectivity index (χ1n) is 11.1. The van der Waals surface area contributed by atoms with Gasteiger partial charge in [0, 0.05) is 24.7 Å². The predicted molar refractivity (Wildman–Crippen MR) is 121 cm³/mol. The first-order chi connectivity index (χ1) is 16.0. The van der Waals surface area contributed by atoms with Gasteiger partial charge in [-0.2, -0.15) is 0 Å². The zero-order valence-corrected chi connectivity index (χ0v) is 20.7. The predicted octanol–water partition coefficient (Wildman–Crippen LogP) is -0.448. The van der Waals surface area contributed by atoms with Gasteiger partial charge in [-0.25, -0.2) is 4.79 Å². The number of carbonyl (C=O) groups is 2. The summed E-state index contributed by atoms with van der Waals surface area (Å²) in [5, 5.41) is 12.8. The molecule has 0 aliphatic carbocycles. The summed E-state index contributed by atoms with van der Waals surface area (Å²) in [5.41, 5.74) is -1.05. The number of ether oxygens (including phenoxy) is 1. The third-order valence-electron chi connectivity index (χ3n) is 5.24. The lowest BCUT2D eigenvalue weighted by atomic mass is 10.1. The number of esters is 1. The highest BCUT2D eigenvalue weighted by molar-refractivity contribution is 7.53. The molecule has 13 nitrogen and oxygen atoms in total. The number of hydrogen-bond acceptors (Lipinski definition) is 10. The first kappa shape index (κ1) is 27.9. The van der Waals surface area contributed by atoms with Crippen LogP contribution in [0.2, 0.25) is 0 Å². The Morgan fingerprint density at radius 1 is 1.24 bits per heavy atom. The summed E-state index contributed by atoms with van der Waals surface area (Å²) in [5.74, 6) is -1.28. The second-order valence-corrected chi connectivity index (χ2v) is 9.79. The topological polar surface area (TPSA) is 169 Å². The average molecular weight is 504 g/mol. The number of rotatable bonds is 12. The van der Waals surface area contributed by atoms with E-state index >= 15 is 0 Å². The zero-order valence-electron chi connectivity index (χ0n) is 19.8. The van der Waals surface area contributed by atoms with Crippen molar-refractivity contribution >= 4 is 19.5 Å². The Hall–Kier alpha value is -2.31. The number of β-amino-alcohol motifs (C(OH)–C–C–N with tert-alkyl or cyclic N) is 1. The molecule has 1 fully saturated rings. The van der Waals surface area contributed by atoms with E-state index in [0.717, 1.165) is 4.57 Å². The fourth-order valence-electron chi connectivity index (χ4n) is 3.75. The smallest absolute Gasteiger partial charge is 0.349 e. The maximum absolute atomic E-state index is 13.3. The fourth-order valence-corrected chi connectivity index (χ4v) is 5.14. The number of H-pyrrole nitrogens is 1. The Kier molecular flexibility index (Phi) is 10.2. The molecule has 1 unspecified atom stereocenters. The second-order valence-electron chi connectivity index (χ2n) is 7.74. The molecule has 14 heteroatoms. The molecule has 3 N–H and O–H groups in total. The van der Waals surface area contributed by atoms with E-state index in [4.69, 9.17) is 13.8 Å². The molecule has 2 heterocycles. The molecule has 2 rings (SSSR count). The Balaban J connectivity index is 2.38. The Bertz CT molecular complexity index is 1010. The summed E-state index contributed by atoms with van der Waals surface area (Å²) in [7, 11) is -3.62. The Labute approximate surface area is 196 Å². The third-order valence-corrected chi connectivity index (χ3v) is 7.08. The summed E-state index contributed by atoms with van der Waals surface area (Å²) in [6.45, 7) is 6.45. The minimum Gasteiger partial charge on any atom is -0.465 e. The van der Waals surface area contributed by atoms with E-state index in [1.807, 2.05) is 0 Å². The van der Waals surface area contributed by atoms with Crippen molar-refractivity contribution in [3.63, 3.8) is 0 Å². The van der Waals surface area contributed by atoms with Gasteiger partial charge < -0.3 is 24.2 Å². The molecular weight excluding hydrogens is 471 g/mol. The number of aliphatic hydroxyl groups is 1. The van der Waals surface area contributed by atoms with Gasteiger partial charge in [0.2, 0.25) is 5.91 Å². The molecule has 1 aliphatic heterocycles. The van der Waals surface area contributed by atoms with Crippen LogP contribution in [0.25, 0.3) is 0 Å². The van der Waals surface area contributed by atoms with E-state index in [-0.39, 0.29) is 44.9 Å². The van der Waals surface area contributed by atoms with Crippen LogP contribution in [0.5, 0.6) is 0 Å². The highest BCUT2D eigenvalue weighted by Crippen LogP contribution is 2.46. The van der Waals surface area contributed by atoms with Crippen LogP contribution in [-0.4, -0.2) is 82.3 Å². The van der Waals surface area contributed by atoms with Gasteiger partial charge in [-0.1, -0.05) is 0 Å². The highest BCUT2D eigenvalue weighted by atomic mass is 31.2. The lowest BCUT2D eigenvalue weighted by Crippen LogP contribution is -2.54. The van der Waals surface area contributed by atoms with Gasteiger partial charge in [-0.15, -0.1) is 0 Å². The molecule has 192 valence electrons. The van der Waals surface area contributed by atoms with Crippen LogP contribution in [0.15, 0.2) is 15.8 Å². The van der Waals surface area contributed by atoms with Crippen molar-refractivity contribution in [1.82, 2.24) is 19.8 Å². The second kappa shape index (κ2) is 12.4. The van der Waals surface area contributed by atoms with Gasteiger partial charge in [0.1, 0.15) is 18.4 Å². The number of aliphatic hydroxyl groups excluding tert-OH is 1. The molecule has 0 bridgehead atoms. The number of aromatic amines is 1. The van der Waals surface area contributed by atoms with Crippen molar-refractivity contribution in [1.29, 1.82) is 0 Å². The molecule has 1 aromatic rings. The van der Waals surface area contributed by atoms with Gasteiger partial charge in [-0.3, -0.25) is 33.4 Å². The Morgan fingerprint density at radius 2 is 1.88 bits per heavy atom. The normalized spacial score (nSPS) is 19.7. The maximum atomic E-state index is 13.3. The summed E-state index contributed by atoms with van der Waals surface area (Å²) in [6.07, 6.45) is 0.0120. The monoisotopic (exact) mass is 504 g/mol. The first-order valence-corrected chi connectivity index (χ1v) is 12.8. The van der Waals surface area contributed by atoms with E-state index in [9.17, 15) is 28.8 Å².